The van der Waals surface area contributed by atoms with E-state index in [0.717, 1.165) is 0 Å². The smallest absolute Gasteiger partial charge is 0 e. The molecule has 0 aromatic carbocycles. The van der Waals surface area contributed by atoms with Crippen LogP contribution < -0.4 is 0 Å². The molecule has 0 atom stereocenters. The fraction of sp³-hybridized carbons (Fsp3) is 0.667. The first-order chi connectivity index (χ1) is 1.41. The maximum absolute atomic E-state index is 2.00. The molecule has 0 aromatic heterocycles. The molecule has 0 saturated heterocycles. The molecule has 0 bridgehead atoms. The van der Waals surface area contributed by atoms with Crippen molar-refractivity contribution >= 4 is 0 Å². The average molecular weight is 148 g/mol. The van der Waals surface area contributed by atoms with Gasteiger partial charge in [0.25, 0.3) is 0 Å². The number of hydrogen-bond donors (Lipinski definition) is 0. The summed E-state index contributed by atoms with van der Waals surface area (Å²) < 4.78 is 0. The zero-order valence-corrected chi connectivity index (χ0v) is 6.57. The number of rotatable bonds is 0. The van der Waals surface area contributed by atoms with Crippen molar-refractivity contribution in [3.8, 4) is 0 Å². The Bertz CT molecular complexity index is 6.85. The molecule has 0 aromatic rings. The van der Waals surface area contributed by atoms with Gasteiger partial charge in [-0.15, -0.1) is 0 Å². The van der Waals surface area contributed by atoms with Crippen LogP contribution in [0.25, 0.3) is 6.15 Å². The third-order valence-corrected chi connectivity index (χ3v) is 0. The molecule has 0 aliphatic heterocycles. The van der Waals surface area contributed by atoms with Gasteiger partial charge in [-0.2, -0.15) is 13.8 Å². The van der Waals surface area contributed by atoms with E-state index in [9.17, 15) is 0 Å². The quantitative estimate of drug-likeness (QED) is 0.470. The van der Waals surface area contributed by atoms with E-state index in [1.165, 1.54) is 0 Å². The summed E-state index contributed by atoms with van der Waals surface area (Å²) in [7, 11) is 0. The van der Waals surface area contributed by atoms with Crippen molar-refractivity contribution in [1.82, 2.24) is 0 Å². The summed E-state index contributed by atoms with van der Waals surface area (Å²) in [6.07, 6.45) is 2.00. The van der Waals surface area contributed by atoms with Gasteiger partial charge in [0, 0.05) is 32.7 Å². The second kappa shape index (κ2) is 19.6. The van der Waals surface area contributed by atoms with Gasteiger partial charge in [-0.3, -0.25) is 0 Å². The van der Waals surface area contributed by atoms with Crippen LogP contribution in [0, 0.1) is 6.42 Å². The Balaban J connectivity index is -0.0000000200. The van der Waals surface area contributed by atoms with Crippen molar-refractivity contribution in [1.29, 1.82) is 0 Å². The van der Waals surface area contributed by atoms with Gasteiger partial charge < -0.3 is 12.6 Å². The summed E-state index contributed by atoms with van der Waals surface area (Å²) in [4.78, 5) is 0. The summed E-state index contributed by atoms with van der Waals surface area (Å²) >= 11 is 0. The van der Waals surface area contributed by atoms with Crippen LogP contribution in [0.5, 0.6) is 0 Å². The third-order valence-electron chi connectivity index (χ3n) is 0. The van der Waals surface area contributed by atoms with Gasteiger partial charge in [0.15, 0.2) is 0 Å². The number of hydrogen-bond acceptors (Lipinski definition) is 0. The second-order valence-electron chi connectivity index (χ2n) is 0.577. The molecule has 0 amide bonds. The van der Waals surface area contributed by atoms with Crippen LogP contribution in [0.15, 0.2) is 0 Å². The van der Waals surface area contributed by atoms with Crippen molar-refractivity contribution in [3.63, 3.8) is 0 Å². The van der Waals surface area contributed by atoms with Gasteiger partial charge in [0.2, 0.25) is 0 Å². The van der Waals surface area contributed by atoms with Crippen LogP contribution in [0.4, 0.5) is 0 Å². The Labute approximate surface area is 59.0 Å². The van der Waals surface area contributed by atoms with Crippen LogP contribution in [-0.4, -0.2) is 0 Å². The summed E-state index contributed by atoms with van der Waals surface area (Å²) in [5.41, 5.74) is 0. The Morgan fingerprint density at radius 1 is 1.20 bits per heavy atom. The minimum atomic E-state index is 0. The van der Waals surface area contributed by atoms with Gasteiger partial charge in [0.05, 0.1) is 0 Å². The fourth-order valence-electron chi connectivity index (χ4n) is 0. The topological polar surface area (TPSA) is 33.5 Å². The molecule has 1 radical (unpaired) electrons. The molecule has 2 N–H and O–H groups in total. The van der Waals surface area contributed by atoms with E-state index < -0.39 is 0 Å². The van der Waals surface area contributed by atoms with Gasteiger partial charge in [-0.05, 0) is 0 Å². The first-order valence-corrected chi connectivity index (χ1v) is 1.15. The largest absolute Gasteiger partial charge is 0.693 e. The minimum Gasteiger partial charge on any atom is -0.693 e. The first-order valence-electron chi connectivity index (χ1n) is 1.15. The SMILES string of the molecule is C[CH-]C.[NH2-].[Y]. The third kappa shape index (κ3) is 42.0. The Kier molecular flexibility index (Phi) is 65.0. The summed E-state index contributed by atoms with van der Waals surface area (Å²) in [5.74, 6) is 0. The fourth-order valence-corrected chi connectivity index (χ4v) is 0. The molecule has 31 valence electrons. The van der Waals surface area contributed by atoms with Crippen LogP contribution in [0.1, 0.15) is 13.8 Å². The standard InChI is InChI=1S/C3H7.H2N.Y/c1-3-2;;/h3H,1-2H3;1H2;/q2*-1;. The molecule has 0 aliphatic carbocycles. The Morgan fingerprint density at radius 3 is 1.20 bits per heavy atom. The molecule has 2 heteroatoms. The first kappa shape index (κ1) is 16.6. The van der Waals surface area contributed by atoms with Gasteiger partial charge in [0.1, 0.15) is 0 Å². The maximum Gasteiger partial charge on any atom is 0 e. The molecule has 0 aliphatic rings. The van der Waals surface area contributed by atoms with Gasteiger partial charge in [-0.25, -0.2) is 0 Å². The Hall–Kier alpha value is 1.06. The molecule has 0 unspecified atom stereocenters. The summed E-state index contributed by atoms with van der Waals surface area (Å²) in [5, 5.41) is 0. The van der Waals surface area contributed by atoms with Crippen molar-refractivity contribution in [2.75, 3.05) is 0 Å². The molecular formula is C3H9NY-2. The van der Waals surface area contributed by atoms with Crippen molar-refractivity contribution in [3.05, 3.63) is 12.6 Å². The maximum atomic E-state index is 2.00. The monoisotopic (exact) mass is 148 g/mol. The van der Waals surface area contributed by atoms with E-state index in [1.807, 2.05) is 20.3 Å². The normalized spacial score (nSPS) is 3.60. The minimum absolute atomic E-state index is 0. The van der Waals surface area contributed by atoms with E-state index in [0.29, 0.717) is 0 Å². The molecule has 1 nitrogen and oxygen atoms in total. The van der Waals surface area contributed by atoms with E-state index in [4.69, 9.17) is 0 Å². The van der Waals surface area contributed by atoms with E-state index in [-0.39, 0.29) is 38.9 Å². The molecule has 0 saturated carbocycles. The van der Waals surface area contributed by atoms with Crippen LogP contribution in [0.3, 0.4) is 0 Å². The average Bonchev–Trinajstić information content (AvgIpc) is 0.918. The predicted octanol–water partition coefficient (Wildman–Crippen LogP) is 1.95. The van der Waals surface area contributed by atoms with Crippen LogP contribution in [-0.2, 0) is 32.7 Å². The molecule has 0 spiro atoms. The van der Waals surface area contributed by atoms with Gasteiger partial charge in [-0.1, -0.05) is 0 Å². The zero-order valence-electron chi connectivity index (χ0n) is 3.73. The van der Waals surface area contributed by atoms with E-state index in [2.05, 4.69) is 0 Å². The zero-order chi connectivity index (χ0) is 2.71. The predicted molar refractivity (Wildman–Crippen MR) is 20.9 cm³/mol. The van der Waals surface area contributed by atoms with Crippen molar-refractivity contribution in [2.24, 2.45) is 0 Å². The van der Waals surface area contributed by atoms with Crippen molar-refractivity contribution < 1.29 is 32.7 Å². The molecule has 0 heterocycles. The van der Waals surface area contributed by atoms with Crippen molar-refractivity contribution in [2.45, 2.75) is 13.8 Å². The molecular weight excluding hydrogens is 139 g/mol. The molecule has 0 rings (SSSR count). The van der Waals surface area contributed by atoms with Gasteiger partial charge >= 0.3 is 0 Å². The second-order valence-corrected chi connectivity index (χ2v) is 0.577. The summed E-state index contributed by atoms with van der Waals surface area (Å²) in [6, 6.07) is 0. The Morgan fingerprint density at radius 2 is 1.20 bits per heavy atom. The van der Waals surface area contributed by atoms with E-state index >= 15 is 0 Å². The molecule has 0 fully saturated rings. The number of nitrogens with two attached hydrogens (primary N) is 1. The summed E-state index contributed by atoms with van der Waals surface area (Å²) in [6.45, 7) is 4.00. The van der Waals surface area contributed by atoms with Crippen LogP contribution in [0.2, 0.25) is 0 Å². The molecule has 5 heavy (non-hydrogen) atoms. The van der Waals surface area contributed by atoms with Crippen LogP contribution >= 0.6 is 0 Å². The van der Waals surface area contributed by atoms with E-state index in [1.54, 1.807) is 0 Å².